The van der Waals surface area contributed by atoms with Gasteiger partial charge in [0.1, 0.15) is 5.82 Å². The van der Waals surface area contributed by atoms with Gasteiger partial charge in [0.2, 0.25) is 0 Å². The van der Waals surface area contributed by atoms with Crippen molar-refractivity contribution >= 4 is 22.8 Å². The SMILES string of the molecule is c1cc2nc(CC3CSCCN3)[nH]c2cn1. The maximum absolute atomic E-state index is 4.56. The molecule has 1 aliphatic heterocycles. The summed E-state index contributed by atoms with van der Waals surface area (Å²) in [6.07, 6.45) is 4.58. The zero-order valence-electron chi connectivity index (χ0n) is 8.94. The predicted molar refractivity (Wildman–Crippen MR) is 66.7 cm³/mol. The Hall–Kier alpha value is -1.07. The maximum Gasteiger partial charge on any atom is 0.108 e. The summed E-state index contributed by atoms with van der Waals surface area (Å²) in [5, 5.41) is 3.52. The minimum Gasteiger partial charge on any atom is -0.341 e. The molecule has 0 saturated carbocycles. The molecule has 2 aromatic heterocycles. The van der Waals surface area contributed by atoms with Crippen LogP contribution in [-0.2, 0) is 6.42 Å². The standard InChI is InChI=1S/C11H14N4S/c1-2-12-6-10-9(1)14-11(15-10)5-8-7-16-4-3-13-8/h1-2,6,8,13H,3-5,7H2,(H,14,15). The first-order valence-corrected chi connectivity index (χ1v) is 6.67. The Bertz CT molecular complexity index is 443. The third-order valence-corrected chi connectivity index (χ3v) is 3.90. The lowest BCUT2D eigenvalue weighted by Crippen LogP contribution is -2.39. The molecule has 16 heavy (non-hydrogen) atoms. The van der Waals surface area contributed by atoms with Crippen LogP contribution in [0.1, 0.15) is 5.82 Å². The van der Waals surface area contributed by atoms with Crippen LogP contribution in [0.3, 0.4) is 0 Å². The van der Waals surface area contributed by atoms with E-state index < -0.39 is 0 Å². The predicted octanol–water partition coefficient (Wildman–Crippen LogP) is 1.21. The van der Waals surface area contributed by atoms with Gasteiger partial charge in [0.05, 0.1) is 17.2 Å². The second kappa shape index (κ2) is 4.43. The zero-order valence-corrected chi connectivity index (χ0v) is 9.76. The van der Waals surface area contributed by atoms with Crippen LogP contribution >= 0.6 is 11.8 Å². The van der Waals surface area contributed by atoms with E-state index in [0.29, 0.717) is 6.04 Å². The molecule has 1 atom stereocenters. The highest BCUT2D eigenvalue weighted by Gasteiger charge is 2.15. The highest BCUT2D eigenvalue weighted by Crippen LogP contribution is 2.14. The number of aromatic amines is 1. The van der Waals surface area contributed by atoms with Crippen molar-refractivity contribution in [3.05, 3.63) is 24.3 Å². The summed E-state index contributed by atoms with van der Waals surface area (Å²) >= 11 is 2.01. The number of nitrogens with one attached hydrogen (secondary N) is 2. The van der Waals surface area contributed by atoms with E-state index in [-0.39, 0.29) is 0 Å². The first-order chi connectivity index (χ1) is 7.92. The van der Waals surface area contributed by atoms with E-state index >= 15 is 0 Å². The molecule has 0 spiro atoms. The van der Waals surface area contributed by atoms with E-state index in [0.717, 1.165) is 29.8 Å². The molecule has 2 aromatic rings. The average Bonchev–Trinajstić information content (AvgIpc) is 2.72. The van der Waals surface area contributed by atoms with Gasteiger partial charge < -0.3 is 10.3 Å². The summed E-state index contributed by atoms with van der Waals surface area (Å²) in [4.78, 5) is 12.0. The Morgan fingerprint density at radius 2 is 2.50 bits per heavy atom. The van der Waals surface area contributed by atoms with Crippen molar-refractivity contribution in [1.82, 2.24) is 20.3 Å². The Labute approximate surface area is 98.3 Å². The van der Waals surface area contributed by atoms with Crippen LogP contribution in [0.25, 0.3) is 11.0 Å². The summed E-state index contributed by atoms with van der Waals surface area (Å²) in [5.74, 6) is 3.46. The van der Waals surface area contributed by atoms with Crippen LogP contribution in [0.2, 0.25) is 0 Å². The molecule has 2 N–H and O–H groups in total. The first kappa shape index (κ1) is 10.1. The normalized spacial score (nSPS) is 21.4. The van der Waals surface area contributed by atoms with Gasteiger partial charge in [0, 0.05) is 36.7 Å². The molecule has 3 heterocycles. The fourth-order valence-corrected chi connectivity index (χ4v) is 2.94. The fourth-order valence-electron chi connectivity index (χ4n) is 1.99. The summed E-state index contributed by atoms with van der Waals surface area (Å²) < 4.78 is 0. The monoisotopic (exact) mass is 234 g/mol. The number of pyridine rings is 1. The highest BCUT2D eigenvalue weighted by atomic mass is 32.2. The number of thioether (sulfide) groups is 1. The summed E-state index contributed by atoms with van der Waals surface area (Å²) in [5.41, 5.74) is 2.04. The van der Waals surface area contributed by atoms with Crippen molar-refractivity contribution in [3.8, 4) is 0 Å². The number of hydrogen-bond donors (Lipinski definition) is 2. The average molecular weight is 234 g/mol. The van der Waals surface area contributed by atoms with Gasteiger partial charge in [0.15, 0.2) is 0 Å². The number of hydrogen-bond acceptors (Lipinski definition) is 4. The van der Waals surface area contributed by atoms with Crippen molar-refractivity contribution in [2.75, 3.05) is 18.1 Å². The zero-order chi connectivity index (χ0) is 10.8. The quantitative estimate of drug-likeness (QED) is 0.820. The van der Waals surface area contributed by atoms with E-state index in [1.807, 2.05) is 24.0 Å². The lowest BCUT2D eigenvalue weighted by Gasteiger charge is -2.21. The number of nitrogens with zero attached hydrogens (tertiary/aromatic N) is 2. The highest BCUT2D eigenvalue weighted by molar-refractivity contribution is 7.99. The maximum atomic E-state index is 4.56. The van der Waals surface area contributed by atoms with Gasteiger partial charge in [-0.25, -0.2) is 4.98 Å². The van der Waals surface area contributed by atoms with Crippen LogP contribution in [0, 0.1) is 0 Å². The van der Waals surface area contributed by atoms with E-state index in [2.05, 4.69) is 20.3 Å². The van der Waals surface area contributed by atoms with Crippen molar-refractivity contribution in [2.24, 2.45) is 0 Å². The number of H-pyrrole nitrogens is 1. The molecule has 3 rings (SSSR count). The van der Waals surface area contributed by atoms with Crippen molar-refractivity contribution in [1.29, 1.82) is 0 Å². The van der Waals surface area contributed by atoms with Crippen molar-refractivity contribution < 1.29 is 0 Å². The second-order valence-electron chi connectivity index (χ2n) is 4.01. The molecule has 1 unspecified atom stereocenters. The largest absolute Gasteiger partial charge is 0.341 e. The van der Waals surface area contributed by atoms with Gasteiger partial charge in [-0.1, -0.05) is 0 Å². The minimum atomic E-state index is 0.548. The van der Waals surface area contributed by atoms with Crippen LogP contribution in [-0.4, -0.2) is 39.0 Å². The molecular formula is C11H14N4S. The molecule has 1 saturated heterocycles. The van der Waals surface area contributed by atoms with Crippen LogP contribution in [0.4, 0.5) is 0 Å². The molecule has 1 fully saturated rings. The topological polar surface area (TPSA) is 53.6 Å². The molecule has 4 nitrogen and oxygen atoms in total. The number of aromatic nitrogens is 3. The first-order valence-electron chi connectivity index (χ1n) is 5.51. The molecule has 0 amide bonds. The van der Waals surface area contributed by atoms with E-state index in [1.165, 1.54) is 11.5 Å². The van der Waals surface area contributed by atoms with Gasteiger partial charge >= 0.3 is 0 Å². The van der Waals surface area contributed by atoms with Gasteiger partial charge in [-0.2, -0.15) is 11.8 Å². The summed E-state index contributed by atoms with van der Waals surface area (Å²) in [7, 11) is 0. The third-order valence-electron chi connectivity index (χ3n) is 2.77. The van der Waals surface area contributed by atoms with Gasteiger partial charge in [-0.15, -0.1) is 0 Å². The molecule has 84 valence electrons. The molecule has 0 aliphatic carbocycles. The lowest BCUT2D eigenvalue weighted by atomic mass is 10.2. The molecular weight excluding hydrogens is 220 g/mol. The van der Waals surface area contributed by atoms with Crippen LogP contribution < -0.4 is 5.32 Å². The summed E-state index contributed by atoms with van der Waals surface area (Å²) in [6.45, 7) is 1.11. The molecule has 0 radical (unpaired) electrons. The molecule has 5 heteroatoms. The molecule has 0 bridgehead atoms. The Morgan fingerprint density at radius 3 is 3.31 bits per heavy atom. The second-order valence-corrected chi connectivity index (χ2v) is 5.16. The van der Waals surface area contributed by atoms with Gasteiger partial charge in [-0.3, -0.25) is 4.98 Å². The Kier molecular flexibility index (Phi) is 2.80. The van der Waals surface area contributed by atoms with Crippen molar-refractivity contribution in [3.63, 3.8) is 0 Å². The van der Waals surface area contributed by atoms with Crippen molar-refractivity contribution in [2.45, 2.75) is 12.5 Å². The van der Waals surface area contributed by atoms with E-state index in [1.54, 1.807) is 6.20 Å². The smallest absolute Gasteiger partial charge is 0.108 e. The summed E-state index contributed by atoms with van der Waals surface area (Å²) in [6, 6.07) is 2.49. The van der Waals surface area contributed by atoms with Gasteiger partial charge in [0.25, 0.3) is 0 Å². The Balaban J connectivity index is 1.78. The minimum absolute atomic E-state index is 0.548. The van der Waals surface area contributed by atoms with Crippen LogP contribution in [0.5, 0.6) is 0 Å². The number of rotatable bonds is 2. The number of imidazole rings is 1. The van der Waals surface area contributed by atoms with Gasteiger partial charge in [-0.05, 0) is 6.07 Å². The van der Waals surface area contributed by atoms with E-state index in [9.17, 15) is 0 Å². The fraction of sp³-hybridized carbons (Fsp3) is 0.455. The number of fused-ring (bicyclic) bond motifs is 1. The third kappa shape index (κ3) is 2.05. The van der Waals surface area contributed by atoms with E-state index in [4.69, 9.17) is 0 Å². The van der Waals surface area contributed by atoms with Crippen LogP contribution in [0.15, 0.2) is 18.5 Å². The molecule has 1 aliphatic rings. The lowest BCUT2D eigenvalue weighted by molar-refractivity contribution is 0.553. The Morgan fingerprint density at radius 1 is 1.50 bits per heavy atom. The molecule has 0 aromatic carbocycles.